The lowest BCUT2D eigenvalue weighted by Gasteiger charge is -2.56. The van der Waals surface area contributed by atoms with Crippen molar-refractivity contribution in [3.63, 3.8) is 0 Å². The first kappa shape index (κ1) is 15.6. The monoisotopic (exact) mass is 326 g/mol. The van der Waals surface area contributed by atoms with Crippen LogP contribution in [0.5, 0.6) is 0 Å². The van der Waals surface area contributed by atoms with Crippen LogP contribution in [0.2, 0.25) is 0 Å². The van der Waals surface area contributed by atoms with Crippen molar-refractivity contribution in [2.24, 2.45) is 0 Å². The Kier molecular flexibility index (Phi) is 4.13. The van der Waals surface area contributed by atoms with Gasteiger partial charge in [-0.1, -0.05) is 48.5 Å². The van der Waals surface area contributed by atoms with Gasteiger partial charge in [-0.05, 0) is 24.0 Å². The summed E-state index contributed by atoms with van der Waals surface area (Å²) in [5, 5.41) is 2.82. The number of para-hydroxylation sites is 1. The number of benzene rings is 2. The Bertz CT molecular complexity index is 720. The summed E-state index contributed by atoms with van der Waals surface area (Å²) in [5.41, 5.74) is 1.83. The first-order valence-corrected chi connectivity index (χ1v) is 8.60. The molecule has 2 aromatic rings. The van der Waals surface area contributed by atoms with Crippen molar-refractivity contribution >= 4 is 29.3 Å². The number of carbonyl (C=O) groups is 2. The van der Waals surface area contributed by atoms with Crippen molar-refractivity contribution in [1.29, 1.82) is 0 Å². The van der Waals surface area contributed by atoms with E-state index in [0.717, 1.165) is 11.3 Å². The van der Waals surface area contributed by atoms with Crippen molar-refractivity contribution in [2.75, 3.05) is 11.2 Å². The maximum Gasteiger partial charge on any atom is 0.254 e. The van der Waals surface area contributed by atoms with Gasteiger partial charge < -0.3 is 5.32 Å². The van der Waals surface area contributed by atoms with Gasteiger partial charge in [0.15, 0.2) is 0 Å². The molecule has 1 saturated heterocycles. The molecule has 2 amide bonds. The van der Waals surface area contributed by atoms with E-state index < -0.39 is 10.9 Å². The Morgan fingerprint density at radius 2 is 1.65 bits per heavy atom. The van der Waals surface area contributed by atoms with Crippen LogP contribution < -0.4 is 10.2 Å². The minimum atomic E-state index is -0.634. The van der Waals surface area contributed by atoms with Crippen LogP contribution in [-0.4, -0.2) is 24.1 Å². The molecule has 0 aliphatic carbocycles. The molecular weight excluding hydrogens is 308 g/mol. The van der Waals surface area contributed by atoms with Gasteiger partial charge in [-0.3, -0.25) is 14.5 Å². The SMILES string of the molecule is CSC1(c2ccccc2)C(NC(C)=O)C(=O)N1c1ccccc1. The van der Waals surface area contributed by atoms with E-state index in [1.54, 1.807) is 16.7 Å². The van der Waals surface area contributed by atoms with E-state index in [2.05, 4.69) is 5.32 Å². The fraction of sp³-hybridized carbons (Fsp3) is 0.222. The van der Waals surface area contributed by atoms with Crippen LogP contribution in [0.15, 0.2) is 60.7 Å². The molecule has 0 bridgehead atoms. The molecule has 0 aromatic heterocycles. The standard InChI is InChI=1S/C18H18N2O2S/c1-13(21)19-16-17(22)20(15-11-7-4-8-12-15)18(16,23-2)14-9-5-3-6-10-14/h3-12,16H,1-2H3,(H,19,21). The number of hydrogen-bond donors (Lipinski definition) is 1. The van der Waals surface area contributed by atoms with Gasteiger partial charge in [0, 0.05) is 12.6 Å². The number of thioether (sulfide) groups is 1. The molecule has 2 unspecified atom stereocenters. The molecule has 118 valence electrons. The number of carbonyl (C=O) groups excluding carboxylic acids is 2. The number of nitrogens with one attached hydrogen (secondary N) is 1. The molecule has 1 heterocycles. The van der Waals surface area contributed by atoms with Crippen molar-refractivity contribution < 1.29 is 9.59 Å². The van der Waals surface area contributed by atoms with E-state index in [9.17, 15) is 9.59 Å². The minimum absolute atomic E-state index is 0.0930. The van der Waals surface area contributed by atoms with E-state index in [-0.39, 0.29) is 11.8 Å². The highest BCUT2D eigenvalue weighted by molar-refractivity contribution is 7.99. The number of anilines is 1. The molecule has 1 fully saturated rings. The highest BCUT2D eigenvalue weighted by Gasteiger charge is 2.62. The van der Waals surface area contributed by atoms with Gasteiger partial charge in [0.05, 0.1) is 0 Å². The van der Waals surface area contributed by atoms with Crippen molar-refractivity contribution in [3.05, 3.63) is 66.2 Å². The predicted octanol–water partition coefficient (Wildman–Crippen LogP) is 2.75. The molecule has 2 aromatic carbocycles. The lowest BCUT2D eigenvalue weighted by atomic mass is 9.86. The molecule has 23 heavy (non-hydrogen) atoms. The second-order valence-electron chi connectivity index (χ2n) is 5.41. The normalized spacial score (nSPS) is 23.3. The Hall–Kier alpha value is -2.27. The largest absolute Gasteiger partial charge is 0.341 e. The van der Waals surface area contributed by atoms with Crippen LogP contribution in [-0.2, 0) is 14.5 Å². The van der Waals surface area contributed by atoms with Crippen molar-refractivity contribution in [1.82, 2.24) is 5.32 Å². The second-order valence-corrected chi connectivity index (χ2v) is 6.44. The highest BCUT2D eigenvalue weighted by atomic mass is 32.2. The van der Waals surface area contributed by atoms with Crippen LogP contribution >= 0.6 is 11.8 Å². The third-order valence-corrected chi connectivity index (χ3v) is 5.33. The molecular formula is C18H18N2O2S. The van der Waals surface area contributed by atoms with Crippen LogP contribution in [0.3, 0.4) is 0 Å². The molecule has 0 spiro atoms. The van der Waals surface area contributed by atoms with E-state index in [0.29, 0.717) is 0 Å². The summed E-state index contributed by atoms with van der Waals surface area (Å²) >= 11 is 1.56. The topological polar surface area (TPSA) is 49.4 Å². The Morgan fingerprint density at radius 1 is 1.09 bits per heavy atom. The summed E-state index contributed by atoms with van der Waals surface area (Å²) in [5.74, 6) is -0.296. The second kappa shape index (κ2) is 6.08. The Balaban J connectivity index is 2.12. The smallest absolute Gasteiger partial charge is 0.254 e. The average molecular weight is 326 g/mol. The van der Waals surface area contributed by atoms with Gasteiger partial charge >= 0.3 is 0 Å². The molecule has 3 rings (SSSR count). The average Bonchev–Trinajstić information content (AvgIpc) is 2.58. The summed E-state index contributed by atoms with van der Waals surface area (Å²) in [6.45, 7) is 1.44. The Morgan fingerprint density at radius 3 is 2.17 bits per heavy atom. The molecule has 1 aliphatic rings. The zero-order valence-corrected chi connectivity index (χ0v) is 13.8. The van der Waals surface area contributed by atoms with E-state index in [1.165, 1.54) is 6.92 Å². The van der Waals surface area contributed by atoms with Crippen molar-refractivity contribution in [3.8, 4) is 0 Å². The summed E-state index contributed by atoms with van der Waals surface area (Å²) in [4.78, 5) is 25.5. The third kappa shape index (κ3) is 2.41. The minimum Gasteiger partial charge on any atom is -0.341 e. The number of rotatable bonds is 4. The molecule has 4 nitrogen and oxygen atoms in total. The number of nitrogens with zero attached hydrogens (tertiary/aromatic N) is 1. The van der Waals surface area contributed by atoms with E-state index >= 15 is 0 Å². The summed E-state index contributed by atoms with van der Waals surface area (Å²) in [7, 11) is 0. The third-order valence-electron chi connectivity index (χ3n) is 4.05. The number of hydrogen-bond acceptors (Lipinski definition) is 3. The summed E-state index contributed by atoms with van der Waals surface area (Å²) < 4.78 is 0. The lowest BCUT2D eigenvalue weighted by molar-refractivity contribution is -0.133. The van der Waals surface area contributed by atoms with Gasteiger partial charge in [0.1, 0.15) is 10.9 Å². The van der Waals surface area contributed by atoms with E-state index in [4.69, 9.17) is 0 Å². The van der Waals surface area contributed by atoms with Gasteiger partial charge in [-0.2, -0.15) is 0 Å². The van der Waals surface area contributed by atoms with Crippen molar-refractivity contribution in [2.45, 2.75) is 17.8 Å². The van der Waals surface area contributed by atoms with Gasteiger partial charge in [-0.15, -0.1) is 11.8 Å². The zero-order valence-electron chi connectivity index (χ0n) is 13.0. The van der Waals surface area contributed by atoms with Crippen LogP contribution in [0.25, 0.3) is 0 Å². The first-order chi connectivity index (χ1) is 11.1. The predicted molar refractivity (Wildman–Crippen MR) is 93.2 cm³/mol. The van der Waals surface area contributed by atoms with Gasteiger partial charge in [0.2, 0.25) is 5.91 Å². The molecule has 1 N–H and O–H groups in total. The van der Waals surface area contributed by atoms with Gasteiger partial charge in [0.25, 0.3) is 5.91 Å². The van der Waals surface area contributed by atoms with E-state index in [1.807, 2.05) is 66.9 Å². The lowest BCUT2D eigenvalue weighted by Crippen LogP contribution is -2.76. The zero-order chi connectivity index (χ0) is 16.4. The quantitative estimate of drug-likeness (QED) is 0.879. The molecule has 1 aliphatic heterocycles. The number of β-lactam (4-membered cyclic amide) rings is 1. The van der Waals surface area contributed by atoms with Crippen LogP contribution in [0.1, 0.15) is 12.5 Å². The fourth-order valence-electron chi connectivity index (χ4n) is 3.08. The summed E-state index contributed by atoms with van der Waals surface area (Å²) in [6, 6.07) is 18.8. The summed E-state index contributed by atoms with van der Waals surface area (Å²) in [6.07, 6.45) is 1.96. The molecule has 0 saturated carbocycles. The molecule has 0 radical (unpaired) electrons. The van der Waals surface area contributed by atoms with Gasteiger partial charge in [-0.25, -0.2) is 0 Å². The van der Waals surface area contributed by atoms with Crippen LogP contribution in [0.4, 0.5) is 5.69 Å². The highest BCUT2D eigenvalue weighted by Crippen LogP contribution is 2.51. The maximum atomic E-state index is 12.7. The first-order valence-electron chi connectivity index (χ1n) is 7.38. The number of amides is 2. The van der Waals surface area contributed by atoms with Crippen LogP contribution in [0, 0.1) is 0 Å². The fourth-order valence-corrected chi connectivity index (χ4v) is 4.23. The molecule has 2 atom stereocenters. The molecule has 5 heteroatoms. The maximum absolute atomic E-state index is 12.7. The Labute approximate surface area is 139 Å².